The number of rotatable bonds is 3. The van der Waals surface area contributed by atoms with Gasteiger partial charge in [-0.15, -0.1) is 0 Å². The molecule has 0 amide bonds. The van der Waals surface area contributed by atoms with E-state index < -0.39 is 0 Å². The van der Waals surface area contributed by atoms with Crippen molar-refractivity contribution in [1.29, 1.82) is 0 Å². The summed E-state index contributed by atoms with van der Waals surface area (Å²) >= 11 is 0. The summed E-state index contributed by atoms with van der Waals surface area (Å²) in [5, 5.41) is 3.41. The molecule has 1 saturated heterocycles. The normalized spacial score (nSPS) is 23.9. The van der Waals surface area contributed by atoms with Crippen LogP contribution in [0.4, 0.5) is 0 Å². The molecule has 0 aromatic heterocycles. The molecule has 1 aromatic carbocycles. The van der Waals surface area contributed by atoms with Gasteiger partial charge in [0, 0.05) is 25.0 Å². The highest BCUT2D eigenvalue weighted by atomic mass is 16.5. The molecule has 0 radical (unpaired) electrons. The maximum Gasteiger partial charge on any atom is 0.161 e. The first-order valence-electron chi connectivity index (χ1n) is 7.03. The number of nitrogens with one attached hydrogen (secondary N) is 1. The van der Waals surface area contributed by atoms with Gasteiger partial charge in [0.2, 0.25) is 0 Å². The quantitative estimate of drug-likeness (QED) is 0.907. The standard InChI is InChI=1S/C15H21NO3/c1-16-15(12-5-8-17-10-12)11-3-4-13-14(9-11)19-7-2-6-18-13/h3-4,9,12,15-16H,2,5-8,10H2,1H3. The summed E-state index contributed by atoms with van der Waals surface area (Å²) in [4.78, 5) is 0. The minimum atomic E-state index is 0.319. The summed E-state index contributed by atoms with van der Waals surface area (Å²) in [5.41, 5.74) is 1.25. The van der Waals surface area contributed by atoms with Gasteiger partial charge in [0.15, 0.2) is 11.5 Å². The zero-order chi connectivity index (χ0) is 13.1. The van der Waals surface area contributed by atoms with Crippen molar-refractivity contribution in [1.82, 2.24) is 5.32 Å². The number of hydrogen-bond donors (Lipinski definition) is 1. The lowest BCUT2D eigenvalue weighted by atomic mass is 9.92. The zero-order valence-corrected chi connectivity index (χ0v) is 11.4. The Morgan fingerprint density at radius 3 is 2.74 bits per heavy atom. The molecule has 1 fully saturated rings. The van der Waals surface area contributed by atoms with Gasteiger partial charge in [-0.2, -0.15) is 0 Å². The first-order chi connectivity index (χ1) is 9.38. The van der Waals surface area contributed by atoms with Crippen LogP contribution in [-0.4, -0.2) is 33.5 Å². The summed E-state index contributed by atoms with van der Waals surface area (Å²) in [7, 11) is 2.01. The molecule has 4 heteroatoms. The van der Waals surface area contributed by atoms with E-state index in [1.807, 2.05) is 13.1 Å². The molecule has 2 aliphatic heterocycles. The molecular formula is C15H21NO3. The van der Waals surface area contributed by atoms with Gasteiger partial charge in [-0.3, -0.25) is 0 Å². The Labute approximate surface area is 114 Å². The second kappa shape index (κ2) is 5.80. The Hall–Kier alpha value is -1.26. The van der Waals surface area contributed by atoms with E-state index in [2.05, 4.69) is 17.4 Å². The van der Waals surface area contributed by atoms with Crippen molar-refractivity contribution < 1.29 is 14.2 Å². The van der Waals surface area contributed by atoms with E-state index >= 15 is 0 Å². The molecule has 3 rings (SSSR count). The lowest BCUT2D eigenvalue weighted by Crippen LogP contribution is -2.25. The summed E-state index contributed by atoms with van der Waals surface area (Å²) in [6.07, 6.45) is 2.05. The summed E-state index contributed by atoms with van der Waals surface area (Å²) in [6, 6.07) is 6.59. The summed E-state index contributed by atoms with van der Waals surface area (Å²) in [5.74, 6) is 2.27. The molecule has 0 saturated carbocycles. The molecule has 2 aliphatic rings. The van der Waals surface area contributed by atoms with E-state index in [0.717, 1.165) is 50.8 Å². The number of ether oxygens (including phenoxy) is 3. The van der Waals surface area contributed by atoms with Gasteiger partial charge < -0.3 is 19.5 Å². The lowest BCUT2D eigenvalue weighted by Gasteiger charge is -2.23. The second-order valence-electron chi connectivity index (χ2n) is 5.15. The molecule has 1 aromatic rings. The maximum atomic E-state index is 5.76. The second-order valence-corrected chi connectivity index (χ2v) is 5.15. The Morgan fingerprint density at radius 2 is 2.00 bits per heavy atom. The smallest absolute Gasteiger partial charge is 0.161 e. The van der Waals surface area contributed by atoms with Crippen molar-refractivity contribution in [2.45, 2.75) is 18.9 Å². The third-order valence-corrected chi connectivity index (χ3v) is 3.88. The van der Waals surface area contributed by atoms with Gasteiger partial charge in [-0.05, 0) is 31.2 Å². The summed E-state index contributed by atoms with van der Waals surface area (Å²) in [6.45, 7) is 3.17. The average Bonchev–Trinajstić information content (AvgIpc) is 2.85. The Kier molecular flexibility index (Phi) is 3.89. The molecule has 19 heavy (non-hydrogen) atoms. The van der Waals surface area contributed by atoms with Crippen LogP contribution in [0.5, 0.6) is 11.5 Å². The first kappa shape index (κ1) is 12.8. The van der Waals surface area contributed by atoms with Crippen LogP contribution < -0.4 is 14.8 Å². The van der Waals surface area contributed by atoms with E-state index in [-0.39, 0.29) is 0 Å². The van der Waals surface area contributed by atoms with E-state index in [1.165, 1.54) is 5.56 Å². The van der Waals surface area contributed by atoms with Gasteiger partial charge in [-0.1, -0.05) is 6.07 Å². The highest BCUT2D eigenvalue weighted by Crippen LogP contribution is 2.35. The fourth-order valence-corrected chi connectivity index (χ4v) is 2.86. The third-order valence-electron chi connectivity index (χ3n) is 3.88. The van der Waals surface area contributed by atoms with Crippen LogP contribution in [0.2, 0.25) is 0 Å². The molecule has 0 aliphatic carbocycles. The van der Waals surface area contributed by atoms with Crippen LogP contribution in [0.15, 0.2) is 18.2 Å². The van der Waals surface area contributed by atoms with Gasteiger partial charge in [0.1, 0.15) is 0 Å². The third kappa shape index (κ3) is 2.69. The minimum Gasteiger partial charge on any atom is -0.490 e. The molecule has 0 spiro atoms. The topological polar surface area (TPSA) is 39.7 Å². The highest BCUT2D eigenvalue weighted by Gasteiger charge is 2.26. The zero-order valence-electron chi connectivity index (χ0n) is 11.4. The van der Waals surface area contributed by atoms with Crippen molar-refractivity contribution in [3.05, 3.63) is 23.8 Å². The average molecular weight is 263 g/mol. The van der Waals surface area contributed by atoms with Gasteiger partial charge >= 0.3 is 0 Å². The van der Waals surface area contributed by atoms with Gasteiger partial charge in [0.25, 0.3) is 0 Å². The predicted molar refractivity (Wildman–Crippen MR) is 72.8 cm³/mol. The number of benzene rings is 1. The maximum absolute atomic E-state index is 5.76. The lowest BCUT2D eigenvalue weighted by molar-refractivity contribution is 0.177. The molecular weight excluding hydrogens is 242 g/mol. The van der Waals surface area contributed by atoms with Crippen molar-refractivity contribution in [2.24, 2.45) is 5.92 Å². The Morgan fingerprint density at radius 1 is 1.16 bits per heavy atom. The number of fused-ring (bicyclic) bond motifs is 1. The Bertz CT molecular complexity index is 429. The molecule has 2 atom stereocenters. The van der Waals surface area contributed by atoms with Crippen LogP contribution in [0, 0.1) is 5.92 Å². The number of hydrogen-bond acceptors (Lipinski definition) is 4. The van der Waals surface area contributed by atoms with Crippen LogP contribution in [-0.2, 0) is 4.74 Å². The van der Waals surface area contributed by atoms with Crippen molar-refractivity contribution in [3.8, 4) is 11.5 Å². The van der Waals surface area contributed by atoms with Crippen LogP contribution in [0.25, 0.3) is 0 Å². The minimum absolute atomic E-state index is 0.319. The van der Waals surface area contributed by atoms with E-state index in [1.54, 1.807) is 0 Å². The van der Waals surface area contributed by atoms with Crippen molar-refractivity contribution in [3.63, 3.8) is 0 Å². The fraction of sp³-hybridized carbons (Fsp3) is 0.600. The van der Waals surface area contributed by atoms with E-state index in [0.29, 0.717) is 12.0 Å². The van der Waals surface area contributed by atoms with Crippen LogP contribution >= 0.6 is 0 Å². The van der Waals surface area contributed by atoms with Gasteiger partial charge in [-0.25, -0.2) is 0 Å². The van der Waals surface area contributed by atoms with E-state index in [4.69, 9.17) is 14.2 Å². The molecule has 104 valence electrons. The highest BCUT2D eigenvalue weighted by molar-refractivity contribution is 5.44. The summed E-state index contributed by atoms with van der Waals surface area (Å²) < 4.78 is 16.9. The molecule has 4 nitrogen and oxygen atoms in total. The molecule has 2 heterocycles. The fourth-order valence-electron chi connectivity index (χ4n) is 2.86. The van der Waals surface area contributed by atoms with Gasteiger partial charge in [0.05, 0.1) is 19.8 Å². The predicted octanol–water partition coefficient (Wildman–Crippen LogP) is 2.14. The van der Waals surface area contributed by atoms with Crippen molar-refractivity contribution >= 4 is 0 Å². The van der Waals surface area contributed by atoms with Crippen LogP contribution in [0.3, 0.4) is 0 Å². The van der Waals surface area contributed by atoms with E-state index in [9.17, 15) is 0 Å². The SMILES string of the molecule is CNC(c1ccc2c(c1)OCCCO2)C1CCOC1. The monoisotopic (exact) mass is 263 g/mol. The van der Waals surface area contributed by atoms with Crippen molar-refractivity contribution in [2.75, 3.05) is 33.5 Å². The Balaban J connectivity index is 1.85. The molecule has 0 bridgehead atoms. The largest absolute Gasteiger partial charge is 0.490 e. The van der Waals surface area contributed by atoms with Crippen LogP contribution in [0.1, 0.15) is 24.4 Å². The molecule has 1 N–H and O–H groups in total. The molecule has 2 unspecified atom stereocenters. The first-order valence-corrected chi connectivity index (χ1v) is 7.03.